The smallest absolute Gasteiger partial charge is 0.404 e. The molecule has 1 aromatic rings. The first-order valence-corrected chi connectivity index (χ1v) is 5.69. The van der Waals surface area contributed by atoms with Crippen molar-refractivity contribution in [3.63, 3.8) is 0 Å². The predicted molar refractivity (Wildman–Crippen MR) is 72.9 cm³/mol. The molecule has 0 unspecified atom stereocenters. The molecule has 0 heterocycles. The molecule has 0 aromatic heterocycles. The van der Waals surface area contributed by atoms with Crippen molar-refractivity contribution in [2.75, 3.05) is 38.3 Å². The molecule has 1 aromatic carbocycles. The molecule has 0 fully saturated rings. The van der Waals surface area contributed by atoms with Gasteiger partial charge in [-0.15, -0.1) is 0 Å². The molecule has 0 bridgehead atoms. The Morgan fingerprint density at radius 1 is 1.37 bits per heavy atom. The van der Waals surface area contributed by atoms with Gasteiger partial charge in [0.25, 0.3) is 5.91 Å². The quantitative estimate of drug-likeness (QED) is 0.530. The first-order valence-electron chi connectivity index (χ1n) is 5.69. The number of nitrogen functional groups attached to an aromatic ring is 1. The molecule has 0 aliphatic carbocycles. The van der Waals surface area contributed by atoms with Crippen LogP contribution in [0.2, 0.25) is 0 Å². The van der Waals surface area contributed by atoms with Gasteiger partial charge in [0.15, 0.2) is 0 Å². The number of nitrogens with zero attached hydrogens (tertiary/aromatic N) is 1. The molecule has 0 saturated heterocycles. The van der Waals surface area contributed by atoms with Crippen LogP contribution in [0.5, 0.6) is 0 Å². The van der Waals surface area contributed by atoms with Gasteiger partial charge in [0.1, 0.15) is 6.61 Å². The fourth-order valence-electron chi connectivity index (χ4n) is 1.45. The van der Waals surface area contributed by atoms with Gasteiger partial charge in [0.2, 0.25) is 0 Å². The molecule has 0 aliphatic heterocycles. The highest BCUT2D eigenvalue weighted by atomic mass is 16.5. The lowest BCUT2D eigenvalue weighted by Crippen LogP contribution is -2.22. The van der Waals surface area contributed by atoms with E-state index in [1.807, 2.05) is 0 Å². The number of hydrogen-bond donors (Lipinski definition) is 3. The highest BCUT2D eigenvalue weighted by Crippen LogP contribution is 2.20. The normalized spacial score (nSPS) is 9.79. The number of nitrogens with one attached hydrogen (secondary N) is 1. The van der Waals surface area contributed by atoms with Crippen LogP contribution in [-0.4, -0.2) is 44.1 Å². The van der Waals surface area contributed by atoms with E-state index in [1.54, 1.807) is 32.3 Å². The standard InChI is InChI=1S/C12H18N4O3/c1-16(2)11(17)8-3-4-10(9(13)7-8)15-5-6-19-12(14)18/h3-4,7,15H,5-6,13H2,1-2H3,(H2,14,18). The molecule has 0 spiro atoms. The topological polar surface area (TPSA) is 111 Å². The fraction of sp³-hybridized carbons (Fsp3) is 0.333. The highest BCUT2D eigenvalue weighted by molar-refractivity contribution is 5.95. The van der Waals surface area contributed by atoms with Crippen LogP contribution in [-0.2, 0) is 4.74 Å². The number of amides is 2. The third-order valence-corrected chi connectivity index (χ3v) is 2.37. The van der Waals surface area contributed by atoms with E-state index in [0.717, 1.165) is 0 Å². The minimum Gasteiger partial charge on any atom is -0.448 e. The second-order valence-corrected chi connectivity index (χ2v) is 4.10. The van der Waals surface area contributed by atoms with Crippen LogP contribution in [0, 0.1) is 0 Å². The largest absolute Gasteiger partial charge is 0.448 e. The summed E-state index contributed by atoms with van der Waals surface area (Å²) in [6.07, 6.45) is -0.818. The van der Waals surface area contributed by atoms with E-state index < -0.39 is 6.09 Å². The number of hydrogen-bond acceptors (Lipinski definition) is 5. The van der Waals surface area contributed by atoms with Gasteiger partial charge >= 0.3 is 6.09 Å². The van der Waals surface area contributed by atoms with Crippen LogP contribution >= 0.6 is 0 Å². The Balaban J connectivity index is 2.62. The van der Waals surface area contributed by atoms with E-state index in [1.165, 1.54) is 4.90 Å². The number of rotatable bonds is 5. The molecule has 19 heavy (non-hydrogen) atoms. The van der Waals surface area contributed by atoms with Crippen LogP contribution < -0.4 is 16.8 Å². The van der Waals surface area contributed by atoms with Crippen LogP contribution in [0.4, 0.5) is 16.2 Å². The van der Waals surface area contributed by atoms with Crippen LogP contribution in [0.25, 0.3) is 0 Å². The maximum atomic E-state index is 11.7. The van der Waals surface area contributed by atoms with E-state index in [4.69, 9.17) is 11.5 Å². The molecule has 7 nitrogen and oxygen atoms in total. The first kappa shape index (κ1) is 14.6. The zero-order valence-corrected chi connectivity index (χ0v) is 11.0. The number of anilines is 2. The maximum Gasteiger partial charge on any atom is 0.404 e. The Labute approximate surface area is 111 Å². The lowest BCUT2D eigenvalue weighted by atomic mass is 10.1. The number of nitrogens with two attached hydrogens (primary N) is 2. The van der Waals surface area contributed by atoms with Crippen molar-refractivity contribution in [1.29, 1.82) is 0 Å². The van der Waals surface area contributed by atoms with Crippen molar-refractivity contribution < 1.29 is 14.3 Å². The average Bonchev–Trinajstić information content (AvgIpc) is 2.34. The van der Waals surface area contributed by atoms with Crippen molar-refractivity contribution in [3.8, 4) is 0 Å². The summed E-state index contributed by atoms with van der Waals surface area (Å²) < 4.78 is 4.57. The average molecular weight is 266 g/mol. The minimum absolute atomic E-state index is 0.115. The van der Waals surface area contributed by atoms with E-state index in [-0.39, 0.29) is 12.5 Å². The molecule has 7 heteroatoms. The Bertz CT molecular complexity index is 474. The van der Waals surface area contributed by atoms with Gasteiger partial charge in [-0.25, -0.2) is 4.79 Å². The summed E-state index contributed by atoms with van der Waals surface area (Å²) in [7, 11) is 3.34. The van der Waals surface area contributed by atoms with E-state index in [0.29, 0.717) is 23.5 Å². The summed E-state index contributed by atoms with van der Waals surface area (Å²) in [6, 6.07) is 4.98. The van der Waals surface area contributed by atoms with E-state index in [9.17, 15) is 9.59 Å². The molecular formula is C12H18N4O3. The molecule has 0 aliphatic rings. The number of carbonyl (C=O) groups is 2. The van der Waals surface area contributed by atoms with Crippen LogP contribution in [0.1, 0.15) is 10.4 Å². The van der Waals surface area contributed by atoms with E-state index >= 15 is 0 Å². The molecule has 104 valence electrons. The van der Waals surface area contributed by atoms with Crippen molar-refractivity contribution in [3.05, 3.63) is 23.8 Å². The SMILES string of the molecule is CN(C)C(=O)c1ccc(NCCOC(N)=O)c(N)c1. The van der Waals surface area contributed by atoms with E-state index in [2.05, 4.69) is 10.1 Å². The fourth-order valence-corrected chi connectivity index (χ4v) is 1.45. The third-order valence-electron chi connectivity index (χ3n) is 2.37. The van der Waals surface area contributed by atoms with Crippen LogP contribution in [0.3, 0.4) is 0 Å². The van der Waals surface area contributed by atoms with Gasteiger partial charge in [-0.1, -0.05) is 0 Å². The monoisotopic (exact) mass is 266 g/mol. The van der Waals surface area contributed by atoms with Gasteiger partial charge in [0.05, 0.1) is 11.4 Å². The molecule has 0 radical (unpaired) electrons. The van der Waals surface area contributed by atoms with Gasteiger partial charge in [-0.3, -0.25) is 4.79 Å². The Kier molecular flexibility index (Phi) is 4.99. The number of primary amides is 1. The molecule has 5 N–H and O–H groups in total. The maximum absolute atomic E-state index is 11.7. The Morgan fingerprint density at radius 3 is 2.58 bits per heavy atom. The van der Waals surface area contributed by atoms with Gasteiger partial charge < -0.3 is 26.4 Å². The van der Waals surface area contributed by atoms with Crippen molar-refractivity contribution >= 4 is 23.4 Å². The summed E-state index contributed by atoms with van der Waals surface area (Å²) >= 11 is 0. The summed E-state index contributed by atoms with van der Waals surface area (Å²) in [5.74, 6) is -0.115. The van der Waals surface area contributed by atoms with Gasteiger partial charge in [-0.05, 0) is 18.2 Å². The Morgan fingerprint density at radius 2 is 2.05 bits per heavy atom. The lowest BCUT2D eigenvalue weighted by Gasteiger charge is -2.13. The number of carbonyl (C=O) groups excluding carboxylic acids is 2. The van der Waals surface area contributed by atoms with Gasteiger partial charge in [0, 0.05) is 26.2 Å². The molecule has 0 saturated carbocycles. The van der Waals surface area contributed by atoms with Gasteiger partial charge in [-0.2, -0.15) is 0 Å². The molecular weight excluding hydrogens is 248 g/mol. The summed E-state index contributed by atoms with van der Waals surface area (Å²) in [6.45, 7) is 0.529. The summed E-state index contributed by atoms with van der Waals surface area (Å²) in [4.78, 5) is 23.6. The second kappa shape index (κ2) is 6.48. The summed E-state index contributed by atoms with van der Waals surface area (Å²) in [5.41, 5.74) is 12.3. The molecule has 0 atom stereocenters. The third kappa shape index (κ3) is 4.38. The van der Waals surface area contributed by atoms with Crippen molar-refractivity contribution in [1.82, 2.24) is 4.90 Å². The number of ether oxygens (including phenoxy) is 1. The zero-order valence-electron chi connectivity index (χ0n) is 11.0. The molecule has 1 rings (SSSR count). The zero-order chi connectivity index (χ0) is 14.4. The van der Waals surface area contributed by atoms with Crippen molar-refractivity contribution in [2.45, 2.75) is 0 Å². The first-order chi connectivity index (χ1) is 8.91. The predicted octanol–water partition coefficient (Wildman–Crippen LogP) is 0.478. The Hall–Kier alpha value is -2.44. The summed E-state index contributed by atoms with van der Waals surface area (Å²) in [5, 5.41) is 2.98. The van der Waals surface area contributed by atoms with Crippen molar-refractivity contribution in [2.24, 2.45) is 5.73 Å². The molecule has 2 amide bonds. The highest BCUT2D eigenvalue weighted by Gasteiger charge is 2.09. The second-order valence-electron chi connectivity index (χ2n) is 4.10. The number of benzene rings is 1. The van der Waals surface area contributed by atoms with Crippen LogP contribution in [0.15, 0.2) is 18.2 Å². The minimum atomic E-state index is -0.818. The lowest BCUT2D eigenvalue weighted by molar-refractivity contribution is 0.0827.